The first-order valence-corrected chi connectivity index (χ1v) is 9.66. The number of hydrogen-bond donors (Lipinski definition) is 2. The van der Waals surface area contributed by atoms with Gasteiger partial charge in [0.15, 0.2) is 0 Å². The predicted molar refractivity (Wildman–Crippen MR) is 108 cm³/mol. The largest absolute Gasteiger partial charge is 0.379 e. The third kappa shape index (κ3) is 6.08. The number of amides is 2. The first-order valence-electron chi connectivity index (χ1n) is 9.66. The Labute approximate surface area is 161 Å². The molecule has 1 saturated heterocycles. The number of urea groups is 1. The van der Waals surface area contributed by atoms with E-state index in [-0.39, 0.29) is 11.9 Å². The summed E-state index contributed by atoms with van der Waals surface area (Å²) in [6.45, 7) is 7.67. The molecule has 0 spiro atoms. The van der Waals surface area contributed by atoms with Gasteiger partial charge in [0.1, 0.15) is 0 Å². The van der Waals surface area contributed by atoms with Gasteiger partial charge in [0.25, 0.3) is 0 Å². The van der Waals surface area contributed by atoms with Crippen LogP contribution in [0.5, 0.6) is 0 Å². The zero-order valence-corrected chi connectivity index (χ0v) is 16.0. The zero-order valence-electron chi connectivity index (χ0n) is 16.0. The maximum absolute atomic E-state index is 12.2. The predicted octanol–water partition coefficient (Wildman–Crippen LogP) is 3.12. The second-order valence-electron chi connectivity index (χ2n) is 7.03. The standard InChI is InChI=1S/C22H29N3O2/c1-18(19-7-3-2-4-8-19)15-23-22(26)24-16-20-9-5-6-10-21(20)17-25-11-13-27-14-12-25/h2-10,18H,11-17H2,1H3,(H2,23,24,26). The molecule has 2 aromatic carbocycles. The molecule has 5 heteroatoms. The van der Waals surface area contributed by atoms with E-state index in [0.717, 1.165) is 38.4 Å². The molecule has 0 bridgehead atoms. The van der Waals surface area contributed by atoms with E-state index in [0.29, 0.717) is 13.1 Å². The third-order valence-electron chi connectivity index (χ3n) is 4.99. The number of nitrogens with zero attached hydrogens (tertiary/aromatic N) is 1. The molecule has 2 amide bonds. The zero-order chi connectivity index (χ0) is 18.9. The quantitative estimate of drug-likeness (QED) is 0.791. The molecule has 144 valence electrons. The highest BCUT2D eigenvalue weighted by molar-refractivity contribution is 5.73. The van der Waals surface area contributed by atoms with Crippen LogP contribution in [0.1, 0.15) is 29.5 Å². The number of benzene rings is 2. The van der Waals surface area contributed by atoms with E-state index >= 15 is 0 Å². The molecule has 5 nitrogen and oxygen atoms in total. The van der Waals surface area contributed by atoms with Crippen molar-refractivity contribution in [3.05, 3.63) is 71.3 Å². The van der Waals surface area contributed by atoms with Crippen molar-refractivity contribution < 1.29 is 9.53 Å². The van der Waals surface area contributed by atoms with Crippen molar-refractivity contribution in [1.82, 2.24) is 15.5 Å². The van der Waals surface area contributed by atoms with Gasteiger partial charge in [-0.1, -0.05) is 61.5 Å². The molecular formula is C22H29N3O2. The molecule has 1 aliphatic heterocycles. The number of rotatable bonds is 7. The summed E-state index contributed by atoms with van der Waals surface area (Å²) in [4.78, 5) is 14.6. The highest BCUT2D eigenvalue weighted by Gasteiger charge is 2.13. The summed E-state index contributed by atoms with van der Waals surface area (Å²) in [7, 11) is 0. The van der Waals surface area contributed by atoms with E-state index in [1.165, 1.54) is 11.1 Å². The average molecular weight is 367 g/mol. The van der Waals surface area contributed by atoms with Crippen LogP contribution in [0, 0.1) is 0 Å². The van der Waals surface area contributed by atoms with Gasteiger partial charge in [-0.2, -0.15) is 0 Å². The summed E-state index contributed by atoms with van der Waals surface area (Å²) >= 11 is 0. The second-order valence-corrected chi connectivity index (χ2v) is 7.03. The lowest BCUT2D eigenvalue weighted by Gasteiger charge is -2.27. The highest BCUT2D eigenvalue weighted by Crippen LogP contribution is 2.14. The van der Waals surface area contributed by atoms with Gasteiger partial charge < -0.3 is 15.4 Å². The van der Waals surface area contributed by atoms with Crippen molar-refractivity contribution in [3.8, 4) is 0 Å². The van der Waals surface area contributed by atoms with Crippen LogP contribution in [0.2, 0.25) is 0 Å². The Bertz CT molecular complexity index is 715. The van der Waals surface area contributed by atoms with E-state index in [2.05, 4.69) is 52.8 Å². The van der Waals surface area contributed by atoms with Crippen LogP contribution in [0.15, 0.2) is 54.6 Å². The van der Waals surface area contributed by atoms with E-state index in [4.69, 9.17) is 4.74 Å². The van der Waals surface area contributed by atoms with Crippen molar-refractivity contribution >= 4 is 6.03 Å². The first-order chi connectivity index (χ1) is 13.2. The molecule has 27 heavy (non-hydrogen) atoms. The topological polar surface area (TPSA) is 53.6 Å². The molecule has 0 aliphatic carbocycles. The monoisotopic (exact) mass is 367 g/mol. The smallest absolute Gasteiger partial charge is 0.315 e. The maximum Gasteiger partial charge on any atom is 0.315 e. The number of morpholine rings is 1. The minimum Gasteiger partial charge on any atom is -0.379 e. The molecule has 0 saturated carbocycles. The Balaban J connectivity index is 1.47. The SMILES string of the molecule is CC(CNC(=O)NCc1ccccc1CN1CCOCC1)c1ccccc1. The van der Waals surface area contributed by atoms with E-state index in [9.17, 15) is 4.79 Å². The third-order valence-corrected chi connectivity index (χ3v) is 4.99. The van der Waals surface area contributed by atoms with Gasteiger partial charge in [-0.3, -0.25) is 4.90 Å². The number of carbonyl (C=O) groups is 1. The molecule has 2 N–H and O–H groups in total. The Morgan fingerprint density at radius 3 is 2.41 bits per heavy atom. The molecule has 0 radical (unpaired) electrons. The van der Waals surface area contributed by atoms with Crippen LogP contribution in [0.3, 0.4) is 0 Å². The lowest BCUT2D eigenvalue weighted by Crippen LogP contribution is -2.38. The van der Waals surface area contributed by atoms with Crippen LogP contribution in [0.25, 0.3) is 0 Å². The second kappa shape index (κ2) is 10.1. The normalized spacial score (nSPS) is 15.9. The van der Waals surface area contributed by atoms with Gasteiger partial charge in [0.05, 0.1) is 13.2 Å². The summed E-state index contributed by atoms with van der Waals surface area (Å²) in [6.07, 6.45) is 0. The summed E-state index contributed by atoms with van der Waals surface area (Å²) in [5.74, 6) is 0.283. The fourth-order valence-electron chi connectivity index (χ4n) is 3.27. The Morgan fingerprint density at radius 2 is 1.67 bits per heavy atom. The Kier molecular flexibility index (Phi) is 7.25. The van der Waals surface area contributed by atoms with Crippen LogP contribution in [-0.2, 0) is 17.8 Å². The first kappa shape index (κ1) is 19.4. The molecule has 0 aromatic heterocycles. The van der Waals surface area contributed by atoms with Gasteiger partial charge in [-0.15, -0.1) is 0 Å². The number of ether oxygens (including phenoxy) is 1. The van der Waals surface area contributed by atoms with Crippen LogP contribution >= 0.6 is 0 Å². The fourth-order valence-corrected chi connectivity index (χ4v) is 3.27. The minimum atomic E-state index is -0.126. The van der Waals surface area contributed by atoms with Crippen molar-refractivity contribution in [3.63, 3.8) is 0 Å². The van der Waals surface area contributed by atoms with Crippen LogP contribution in [0.4, 0.5) is 4.79 Å². The molecule has 1 aliphatic rings. The highest BCUT2D eigenvalue weighted by atomic mass is 16.5. The summed E-state index contributed by atoms with van der Waals surface area (Å²) < 4.78 is 5.42. The Morgan fingerprint density at radius 1 is 1.00 bits per heavy atom. The molecule has 3 rings (SSSR count). The summed E-state index contributed by atoms with van der Waals surface area (Å²) in [6, 6.07) is 18.4. The van der Waals surface area contributed by atoms with Crippen molar-refractivity contribution in [2.45, 2.75) is 25.9 Å². The van der Waals surface area contributed by atoms with Gasteiger partial charge in [0, 0.05) is 32.7 Å². The van der Waals surface area contributed by atoms with Crippen LogP contribution < -0.4 is 10.6 Å². The van der Waals surface area contributed by atoms with Gasteiger partial charge in [-0.05, 0) is 22.6 Å². The van der Waals surface area contributed by atoms with Crippen molar-refractivity contribution in [2.24, 2.45) is 0 Å². The van der Waals surface area contributed by atoms with E-state index in [1.807, 2.05) is 24.3 Å². The van der Waals surface area contributed by atoms with Gasteiger partial charge in [-0.25, -0.2) is 4.79 Å². The van der Waals surface area contributed by atoms with E-state index in [1.54, 1.807) is 0 Å². The lowest BCUT2D eigenvalue weighted by molar-refractivity contribution is 0.0341. The van der Waals surface area contributed by atoms with Crippen molar-refractivity contribution in [2.75, 3.05) is 32.8 Å². The lowest BCUT2D eigenvalue weighted by atomic mass is 10.0. The fraction of sp³-hybridized carbons (Fsp3) is 0.409. The summed E-state index contributed by atoms with van der Waals surface area (Å²) in [5.41, 5.74) is 3.65. The molecular weight excluding hydrogens is 338 g/mol. The Hall–Kier alpha value is -2.37. The van der Waals surface area contributed by atoms with E-state index < -0.39 is 0 Å². The maximum atomic E-state index is 12.2. The number of hydrogen-bond acceptors (Lipinski definition) is 3. The number of carbonyl (C=O) groups excluding carboxylic acids is 1. The summed E-state index contributed by atoms with van der Waals surface area (Å²) in [5, 5.41) is 5.97. The molecule has 1 heterocycles. The molecule has 1 unspecified atom stereocenters. The van der Waals surface area contributed by atoms with Gasteiger partial charge in [0.2, 0.25) is 0 Å². The molecule has 2 aromatic rings. The molecule has 1 atom stereocenters. The average Bonchev–Trinajstić information content (AvgIpc) is 2.73. The van der Waals surface area contributed by atoms with Crippen molar-refractivity contribution in [1.29, 1.82) is 0 Å². The number of nitrogens with one attached hydrogen (secondary N) is 2. The van der Waals surface area contributed by atoms with Crippen LogP contribution in [-0.4, -0.2) is 43.8 Å². The van der Waals surface area contributed by atoms with Gasteiger partial charge >= 0.3 is 6.03 Å². The molecule has 1 fully saturated rings. The minimum absolute atomic E-state index is 0.126.